The van der Waals surface area contributed by atoms with Crippen LogP contribution in [0, 0.1) is 6.92 Å². The molecule has 1 heterocycles. The van der Waals surface area contributed by atoms with Crippen molar-refractivity contribution in [3.05, 3.63) is 29.3 Å². The maximum Gasteiger partial charge on any atom is 0.328 e. The Morgan fingerprint density at radius 3 is 2.65 bits per heavy atom. The molecule has 0 aliphatic carbocycles. The highest BCUT2D eigenvalue weighted by atomic mass is 16.5. The number of piperidine rings is 1. The smallest absolute Gasteiger partial charge is 0.328 e. The van der Waals surface area contributed by atoms with E-state index in [1.54, 1.807) is 13.0 Å². The van der Waals surface area contributed by atoms with Gasteiger partial charge < -0.3 is 9.84 Å². The number of ether oxygens (including phenoxy) is 1. The first kappa shape index (κ1) is 14.9. The number of benzene rings is 1. The standard InChI is InChI=1S/C16H23NO3/c1-3-20-16(19)15(17-9-5-4-6-10-17)13-8-7-12(2)11-14(13)18/h7-8,11,15,18H,3-6,9-10H2,1-2H3. The maximum absolute atomic E-state index is 12.3. The van der Waals surface area contributed by atoms with Crippen molar-refractivity contribution in [2.75, 3.05) is 19.7 Å². The van der Waals surface area contributed by atoms with E-state index in [1.807, 2.05) is 19.1 Å². The SMILES string of the molecule is CCOC(=O)C(c1ccc(C)cc1O)N1CCCCC1. The van der Waals surface area contributed by atoms with Crippen molar-refractivity contribution in [1.82, 2.24) is 4.90 Å². The van der Waals surface area contributed by atoms with Crippen LogP contribution in [0.4, 0.5) is 0 Å². The third-order valence-corrected chi connectivity index (χ3v) is 3.75. The summed E-state index contributed by atoms with van der Waals surface area (Å²) in [7, 11) is 0. The highest BCUT2D eigenvalue weighted by molar-refractivity contribution is 5.78. The van der Waals surface area contributed by atoms with E-state index in [4.69, 9.17) is 4.74 Å². The second-order valence-corrected chi connectivity index (χ2v) is 5.31. The lowest BCUT2D eigenvalue weighted by atomic mass is 9.99. The quantitative estimate of drug-likeness (QED) is 0.860. The molecule has 1 saturated heterocycles. The molecule has 1 aromatic rings. The monoisotopic (exact) mass is 277 g/mol. The Morgan fingerprint density at radius 1 is 1.35 bits per heavy atom. The van der Waals surface area contributed by atoms with Crippen LogP contribution in [0.25, 0.3) is 0 Å². The number of phenolic OH excluding ortho intramolecular Hbond substituents is 1. The number of aryl methyl sites for hydroxylation is 1. The predicted octanol–water partition coefficient (Wildman–Crippen LogP) is 2.79. The van der Waals surface area contributed by atoms with E-state index in [0.717, 1.165) is 31.5 Å². The van der Waals surface area contributed by atoms with E-state index in [2.05, 4.69) is 4.90 Å². The minimum Gasteiger partial charge on any atom is -0.508 e. The van der Waals surface area contributed by atoms with Crippen LogP contribution in [0.15, 0.2) is 18.2 Å². The minimum absolute atomic E-state index is 0.175. The molecule has 1 aliphatic heterocycles. The molecule has 1 aliphatic rings. The van der Waals surface area contributed by atoms with Gasteiger partial charge in [-0.05, 0) is 51.4 Å². The van der Waals surface area contributed by atoms with Crippen molar-refractivity contribution >= 4 is 5.97 Å². The average molecular weight is 277 g/mol. The van der Waals surface area contributed by atoms with Gasteiger partial charge >= 0.3 is 5.97 Å². The van der Waals surface area contributed by atoms with Crippen molar-refractivity contribution in [3.63, 3.8) is 0 Å². The van der Waals surface area contributed by atoms with Gasteiger partial charge in [0.05, 0.1) is 6.61 Å². The molecular weight excluding hydrogens is 254 g/mol. The molecule has 1 fully saturated rings. The summed E-state index contributed by atoms with van der Waals surface area (Å²) in [6, 6.07) is 4.97. The van der Waals surface area contributed by atoms with Crippen LogP contribution in [0.3, 0.4) is 0 Å². The number of aromatic hydroxyl groups is 1. The molecule has 4 heteroatoms. The maximum atomic E-state index is 12.3. The number of carbonyl (C=O) groups is 1. The molecule has 0 amide bonds. The highest BCUT2D eigenvalue weighted by Crippen LogP contribution is 2.32. The van der Waals surface area contributed by atoms with Gasteiger partial charge in [0, 0.05) is 5.56 Å². The van der Waals surface area contributed by atoms with Crippen molar-refractivity contribution in [3.8, 4) is 5.75 Å². The van der Waals surface area contributed by atoms with E-state index in [-0.39, 0.29) is 11.7 Å². The Bertz CT molecular complexity index is 467. The van der Waals surface area contributed by atoms with Gasteiger partial charge in [-0.2, -0.15) is 0 Å². The Morgan fingerprint density at radius 2 is 2.05 bits per heavy atom. The predicted molar refractivity (Wildman–Crippen MR) is 77.6 cm³/mol. The molecular formula is C16H23NO3. The van der Waals surface area contributed by atoms with Crippen molar-refractivity contribution in [1.29, 1.82) is 0 Å². The number of phenols is 1. The molecule has 4 nitrogen and oxygen atoms in total. The average Bonchev–Trinajstić information content (AvgIpc) is 2.43. The van der Waals surface area contributed by atoms with Gasteiger partial charge in [-0.15, -0.1) is 0 Å². The van der Waals surface area contributed by atoms with Gasteiger partial charge in [0.2, 0.25) is 0 Å². The highest BCUT2D eigenvalue weighted by Gasteiger charge is 2.31. The zero-order chi connectivity index (χ0) is 14.5. The molecule has 0 aromatic heterocycles. The van der Waals surface area contributed by atoms with Crippen LogP contribution in [-0.2, 0) is 9.53 Å². The molecule has 0 bridgehead atoms. The topological polar surface area (TPSA) is 49.8 Å². The van der Waals surface area contributed by atoms with Crippen molar-refractivity contribution in [2.24, 2.45) is 0 Å². The number of esters is 1. The largest absolute Gasteiger partial charge is 0.508 e. The van der Waals surface area contributed by atoms with Gasteiger partial charge in [0.25, 0.3) is 0 Å². The number of hydrogen-bond donors (Lipinski definition) is 1. The second-order valence-electron chi connectivity index (χ2n) is 5.31. The first-order chi connectivity index (χ1) is 9.63. The molecule has 1 atom stereocenters. The van der Waals surface area contributed by atoms with Crippen LogP contribution in [0.5, 0.6) is 5.75 Å². The fraction of sp³-hybridized carbons (Fsp3) is 0.562. The van der Waals surface area contributed by atoms with Crippen molar-refractivity contribution in [2.45, 2.75) is 39.2 Å². The summed E-state index contributed by atoms with van der Waals surface area (Å²) in [4.78, 5) is 14.4. The van der Waals surface area contributed by atoms with Gasteiger partial charge in [-0.3, -0.25) is 4.90 Å². The fourth-order valence-corrected chi connectivity index (χ4v) is 2.76. The van der Waals surface area contributed by atoms with E-state index in [1.165, 1.54) is 6.42 Å². The Kier molecular flexibility index (Phi) is 5.01. The number of hydrogen-bond acceptors (Lipinski definition) is 4. The van der Waals surface area contributed by atoms with E-state index >= 15 is 0 Å². The van der Waals surface area contributed by atoms with Gasteiger partial charge in [0.15, 0.2) is 0 Å². The van der Waals surface area contributed by atoms with Gasteiger partial charge in [-0.25, -0.2) is 4.79 Å². The van der Waals surface area contributed by atoms with Gasteiger partial charge in [-0.1, -0.05) is 18.6 Å². The summed E-state index contributed by atoms with van der Waals surface area (Å²) >= 11 is 0. The summed E-state index contributed by atoms with van der Waals surface area (Å²) in [5.41, 5.74) is 1.63. The summed E-state index contributed by atoms with van der Waals surface area (Å²) in [6.07, 6.45) is 3.37. The van der Waals surface area contributed by atoms with Crippen LogP contribution in [0.2, 0.25) is 0 Å². The van der Waals surface area contributed by atoms with Crippen molar-refractivity contribution < 1.29 is 14.6 Å². The lowest BCUT2D eigenvalue weighted by molar-refractivity contribution is -0.150. The van der Waals surface area contributed by atoms with E-state index in [0.29, 0.717) is 12.2 Å². The van der Waals surface area contributed by atoms with Crippen LogP contribution >= 0.6 is 0 Å². The summed E-state index contributed by atoms with van der Waals surface area (Å²) in [5, 5.41) is 10.2. The zero-order valence-electron chi connectivity index (χ0n) is 12.3. The van der Waals surface area contributed by atoms with Crippen LogP contribution < -0.4 is 0 Å². The molecule has 1 unspecified atom stereocenters. The Labute approximate surface area is 120 Å². The summed E-state index contributed by atoms with van der Waals surface area (Å²) in [6.45, 7) is 5.83. The minimum atomic E-state index is -0.490. The van der Waals surface area contributed by atoms with Crippen LogP contribution in [0.1, 0.15) is 43.4 Å². The molecule has 110 valence electrons. The third kappa shape index (κ3) is 3.31. The molecule has 0 saturated carbocycles. The third-order valence-electron chi connectivity index (χ3n) is 3.75. The molecule has 1 N–H and O–H groups in total. The Hall–Kier alpha value is -1.55. The molecule has 20 heavy (non-hydrogen) atoms. The second kappa shape index (κ2) is 6.75. The molecule has 1 aromatic carbocycles. The molecule has 2 rings (SSSR count). The fourth-order valence-electron chi connectivity index (χ4n) is 2.76. The molecule has 0 spiro atoms. The summed E-state index contributed by atoms with van der Waals surface area (Å²) in [5.74, 6) is -0.0952. The Balaban J connectivity index is 2.31. The lowest BCUT2D eigenvalue weighted by Crippen LogP contribution is -2.38. The van der Waals surface area contributed by atoms with E-state index < -0.39 is 6.04 Å². The van der Waals surface area contributed by atoms with Crippen LogP contribution in [-0.4, -0.2) is 35.7 Å². The zero-order valence-corrected chi connectivity index (χ0v) is 12.3. The number of carbonyl (C=O) groups excluding carboxylic acids is 1. The number of rotatable bonds is 4. The summed E-state index contributed by atoms with van der Waals surface area (Å²) < 4.78 is 5.21. The first-order valence-corrected chi connectivity index (χ1v) is 7.33. The first-order valence-electron chi connectivity index (χ1n) is 7.33. The number of likely N-dealkylation sites (tertiary alicyclic amines) is 1. The normalized spacial score (nSPS) is 17.7. The van der Waals surface area contributed by atoms with E-state index in [9.17, 15) is 9.90 Å². The lowest BCUT2D eigenvalue weighted by Gasteiger charge is -2.33. The number of nitrogens with zero attached hydrogens (tertiary/aromatic N) is 1. The van der Waals surface area contributed by atoms with Gasteiger partial charge in [0.1, 0.15) is 11.8 Å². The molecule has 0 radical (unpaired) electrons.